The van der Waals surface area contributed by atoms with E-state index in [2.05, 4.69) is 51.8 Å². The summed E-state index contributed by atoms with van der Waals surface area (Å²) < 4.78 is 0. The van der Waals surface area contributed by atoms with Crippen molar-refractivity contribution in [1.82, 2.24) is 4.90 Å². The number of rotatable bonds is 2. The SMILES string of the molecule is C.CC(C)C.CCN(CC)C(=O)S.Cc1ccc(O)cc1.NC(=O)S. The fourth-order valence-corrected chi connectivity index (χ4v) is 1.32. The molecule has 1 aromatic carbocycles. The number of nitrogens with zero attached hydrogens (tertiary/aromatic N) is 1. The Morgan fingerprint density at radius 3 is 1.48 bits per heavy atom. The van der Waals surface area contributed by atoms with Crippen molar-refractivity contribution in [2.75, 3.05) is 13.1 Å². The zero-order valence-corrected chi connectivity index (χ0v) is 17.3. The third-order valence-corrected chi connectivity index (χ3v) is 2.35. The monoisotopic (exact) mass is 392 g/mol. The second kappa shape index (κ2) is 20.7. The standard InChI is InChI=1S/C7H8O.C5H11NOS.C4H10.CH3NOS.CH4/c1-6-2-4-7(8)5-3-6;1-3-6(4-2)5(7)8;1-4(2)3;2-1(3)4;/h2-5,8H,1H3;3-4H2,1-2H3,(H,7,8);4H,1-3H3;(H3,2,3,4);1H4. The van der Waals surface area contributed by atoms with Crippen LogP contribution >= 0.6 is 25.3 Å². The molecule has 0 aliphatic carbocycles. The van der Waals surface area contributed by atoms with E-state index in [0.717, 1.165) is 19.0 Å². The number of aryl methyl sites for hydroxylation is 1. The van der Waals surface area contributed by atoms with Gasteiger partial charge in [0, 0.05) is 13.1 Å². The molecular formula is C18H36N2O3S2. The van der Waals surface area contributed by atoms with Crippen molar-refractivity contribution >= 4 is 35.7 Å². The van der Waals surface area contributed by atoms with Crippen LogP contribution in [-0.4, -0.2) is 33.6 Å². The van der Waals surface area contributed by atoms with Gasteiger partial charge in [0.25, 0.3) is 10.5 Å². The molecule has 0 aliphatic heterocycles. The molecule has 25 heavy (non-hydrogen) atoms. The second-order valence-electron chi connectivity index (χ2n) is 5.36. The summed E-state index contributed by atoms with van der Waals surface area (Å²) in [6.45, 7) is 13.8. The van der Waals surface area contributed by atoms with E-state index in [-0.39, 0.29) is 12.7 Å². The Balaban J connectivity index is -0.000000123. The largest absolute Gasteiger partial charge is 0.508 e. The molecule has 148 valence electrons. The predicted molar refractivity (Wildman–Crippen MR) is 116 cm³/mol. The maximum atomic E-state index is 10.4. The molecule has 5 nitrogen and oxygen atoms in total. The number of thiol groups is 2. The van der Waals surface area contributed by atoms with E-state index in [1.165, 1.54) is 5.56 Å². The number of aromatic hydroxyl groups is 1. The lowest BCUT2D eigenvalue weighted by atomic mass is 10.2. The first-order valence-corrected chi connectivity index (χ1v) is 8.59. The van der Waals surface area contributed by atoms with Gasteiger partial charge in [0.05, 0.1) is 0 Å². The summed E-state index contributed by atoms with van der Waals surface area (Å²) in [6, 6.07) is 7.09. The second-order valence-corrected chi connectivity index (χ2v) is 6.18. The van der Waals surface area contributed by atoms with Crippen LogP contribution in [0.2, 0.25) is 0 Å². The van der Waals surface area contributed by atoms with E-state index >= 15 is 0 Å². The molecule has 7 heteroatoms. The number of hydrogen-bond donors (Lipinski definition) is 4. The average molecular weight is 393 g/mol. The molecule has 1 rings (SSSR count). The van der Waals surface area contributed by atoms with Gasteiger partial charge >= 0.3 is 0 Å². The van der Waals surface area contributed by atoms with Gasteiger partial charge in [0.1, 0.15) is 5.75 Å². The van der Waals surface area contributed by atoms with Crippen LogP contribution in [0.3, 0.4) is 0 Å². The van der Waals surface area contributed by atoms with Crippen molar-refractivity contribution in [3.05, 3.63) is 29.8 Å². The normalized spacial score (nSPS) is 8.20. The molecule has 2 amide bonds. The van der Waals surface area contributed by atoms with Crippen LogP contribution in [0, 0.1) is 12.8 Å². The van der Waals surface area contributed by atoms with Crippen LogP contribution in [0.5, 0.6) is 5.75 Å². The van der Waals surface area contributed by atoms with Gasteiger partial charge in [-0.05, 0) is 38.8 Å². The number of carbonyl (C=O) groups excluding carboxylic acids is 2. The van der Waals surface area contributed by atoms with Gasteiger partial charge in [-0.25, -0.2) is 0 Å². The van der Waals surface area contributed by atoms with E-state index in [9.17, 15) is 4.79 Å². The van der Waals surface area contributed by atoms with Crippen LogP contribution in [0.25, 0.3) is 0 Å². The summed E-state index contributed by atoms with van der Waals surface area (Å²) in [4.78, 5) is 21.1. The summed E-state index contributed by atoms with van der Waals surface area (Å²) in [7, 11) is 0. The zero-order valence-electron chi connectivity index (χ0n) is 15.5. The Morgan fingerprint density at radius 1 is 1.08 bits per heavy atom. The highest BCUT2D eigenvalue weighted by molar-refractivity contribution is 7.96. The average Bonchev–Trinajstić information content (AvgIpc) is 2.42. The molecule has 0 saturated heterocycles. The summed E-state index contributed by atoms with van der Waals surface area (Å²) in [5.74, 6) is 1.16. The van der Waals surface area contributed by atoms with E-state index in [4.69, 9.17) is 9.90 Å². The van der Waals surface area contributed by atoms with Gasteiger partial charge in [0.2, 0.25) is 0 Å². The summed E-state index contributed by atoms with van der Waals surface area (Å²) in [5, 5.41) is 7.97. The Kier molecular flexibility index (Phi) is 26.0. The van der Waals surface area contributed by atoms with Gasteiger partial charge in [-0.2, -0.15) is 0 Å². The molecule has 1 aromatic rings. The van der Waals surface area contributed by atoms with E-state index in [1.807, 2.05) is 32.9 Å². The van der Waals surface area contributed by atoms with E-state index < -0.39 is 5.24 Å². The molecule has 0 heterocycles. The number of amides is 2. The van der Waals surface area contributed by atoms with Crippen molar-refractivity contribution in [2.24, 2.45) is 11.7 Å². The van der Waals surface area contributed by atoms with Gasteiger partial charge in [0.15, 0.2) is 0 Å². The molecule has 0 saturated carbocycles. The number of phenols is 1. The van der Waals surface area contributed by atoms with Crippen LogP contribution in [-0.2, 0) is 0 Å². The molecule has 0 bridgehead atoms. The Morgan fingerprint density at radius 2 is 1.36 bits per heavy atom. The highest BCUT2D eigenvalue weighted by Crippen LogP contribution is 2.07. The van der Waals surface area contributed by atoms with E-state index in [0.29, 0.717) is 5.75 Å². The highest BCUT2D eigenvalue weighted by Gasteiger charge is 2.00. The summed E-state index contributed by atoms with van der Waals surface area (Å²) in [5.41, 5.74) is 5.51. The number of carbonyl (C=O) groups is 2. The molecule has 0 spiro atoms. The van der Waals surface area contributed by atoms with Crippen molar-refractivity contribution < 1.29 is 14.7 Å². The molecule has 0 fully saturated rings. The lowest BCUT2D eigenvalue weighted by Gasteiger charge is -2.13. The van der Waals surface area contributed by atoms with Crippen LogP contribution < -0.4 is 5.73 Å². The van der Waals surface area contributed by atoms with Crippen LogP contribution in [0.15, 0.2) is 24.3 Å². The van der Waals surface area contributed by atoms with Crippen LogP contribution in [0.4, 0.5) is 9.59 Å². The Hall–Kier alpha value is -1.34. The highest BCUT2D eigenvalue weighted by atomic mass is 32.1. The Bertz CT molecular complexity index is 407. The lowest BCUT2D eigenvalue weighted by Crippen LogP contribution is -2.24. The lowest BCUT2D eigenvalue weighted by molar-refractivity contribution is 0.229. The van der Waals surface area contributed by atoms with Gasteiger partial charge in [-0.1, -0.05) is 71.2 Å². The first-order chi connectivity index (χ1) is 11.0. The molecule has 0 unspecified atom stereocenters. The number of nitrogens with two attached hydrogens (primary N) is 1. The fourth-order valence-electron chi connectivity index (χ4n) is 1.04. The van der Waals surface area contributed by atoms with Crippen molar-refractivity contribution in [3.8, 4) is 5.75 Å². The Labute approximate surface area is 164 Å². The molecule has 0 aliphatic rings. The molecule has 3 N–H and O–H groups in total. The quantitative estimate of drug-likeness (QED) is 0.510. The third kappa shape index (κ3) is 34.8. The number of benzene rings is 1. The fraction of sp³-hybridized carbons (Fsp3) is 0.556. The molecule has 0 atom stereocenters. The minimum Gasteiger partial charge on any atom is -0.508 e. The number of phenolic OH excluding ortho intramolecular Hbond substituents is 1. The smallest absolute Gasteiger partial charge is 0.278 e. The topological polar surface area (TPSA) is 83.6 Å². The maximum absolute atomic E-state index is 10.4. The van der Waals surface area contributed by atoms with Gasteiger partial charge in [-0.3, -0.25) is 9.59 Å². The predicted octanol–water partition coefficient (Wildman–Crippen LogP) is 5.37. The van der Waals surface area contributed by atoms with Crippen LogP contribution in [0.1, 0.15) is 47.6 Å². The first kappa shape index (κ1) is 31.4. The number of hydrogen-bond acceptors (Lipinski definition) is 3. The molecule has 0 radical (unpaired) electrons. The van der Waals surface area contributed by atoms with Crippen molar-refractivity contribution in [3.63, 3.8) is 0 Å². The van der Waals surface area contributed by atoms with Gasteiger partial charge in [-0.15, -0.1) is 0 Å². The summed E-state index contributed by atoms with van der Waals surface area (Å²) >= 11 is 6.75. The third-order valence-electron chi connectivity index (χ3n) is 2.07. The summed E-state index contributed by atoms with van der Waals surface area (Å²) in [6.07, 6.45) is 0. The molecule has 0 aromatic heterocycles. The van der Waals surface area contributed by atoms with Gasteiger partial charge < -0.3 is 15.7 Å². The number of primary amides is 1. The maximum Gasteiger partial charge on any atom is 0.278 e. The minimum absolute atomic E-state index is 0. The van der Waals surface area contributed by atoms with E-state index in [1.54, 1.807) is 17.0 Å². The molecular weight excluding hydrogens is 356 g/mol. The minimum atomic E-state index is -0.639. The first-order valence-electron chi connectivity index (χ1n) is 7.69. The van der Waals surface area contributed by atoms with Crippen molar-refractivity contribution in [1.29, 1.82) is 0 Å². The van der Waals surface area contributed by atoms with Crippen molar-refractivity contribution in [2.45, 2.75) is 49.0 Å². The zero-order chi connectivity index (χ0) is 19.7.